The van der Waals surface area contributed by atoms with Crippen LogP contribution in [0.2, 0.25) is 0 Å². The molecular formula is C30H24FN3O3. The minimum Gasteiger partial charge on any atom is -0.505 e. The SMILES string of the molecule is Cc1cc2c(N=Nc3cccc(-c4cccc(C=O)c4)c3O)c(O)n(-c3cccc(CF)c3)c2cc1C. The molecule has 0 saturated carbocycles. The molecule has 0 fully saturated rings. The molecule has 184 valence electrons. The minimum absolute atomic E-state index is 0.0970. The van der Waals surface area contributed by atoms with Crippen molar-refractivity contribution in [3.63, 3.8) is 0 Å². The Balaban J connectivity index is 1.65. The molecule has 1 aromatic heterocycles. The predicted molar refractivity (Wildman–Crippen MR) is 142 cm³/mol. The van der Waals surface area contributed by atoms with E-state index in [2.05, 4.69) is 10.2 Å². The van der Waals surface area contributed by atoms with Crippen molar-refractivity contribution in [2.45, 2.75) is 20.5 Å². The summed E-state index contributed by atoms with van der Waals surface area (Å²) in [7, 11) is 0. The first-order valence-electron chi connectivity index (χ1n) is 11.7. The lowest BCUT2D eigenvalue weighted by atomic mass is 10.0. The van der Waals surface area contributed by atoms with Gasteiger partial charge in [-0.15, -0.1) is 10.2 Å². The number of aldehydes is 1. The second kappa shape index (κ2) is 9.70. The molecule has 0 spiro atoms. The third kappa shape index (κ3) is 4.36. The van der Waals surface area contributed by atoms with Gasteiger partial charge in [-0.2, -0.15) is 0 Å². The number of aromatic hydroxyl groups is 2. The number of benzene rings is 4. The van der Waals surface area contributed by atoms with Crippen LogP contribution in [0.3, 0.4) is 0 Å². The number of aryl methyl sites for hydroxylation is 2. The van der Waals surface area contributed by atoms with Gasteiger partial charge < -0.3 is 10.2 Å². The Morgan fingerprint density at radius 2 is 1.65 bits per heavy atom. The fraction of sp³-hybridized carbons (Fsp3) is 0.100. The number of aromatic nitrogens is 1. The maximum absolute atomic E-state index is 13.4. The molecule has 4 aromatic carbocycles. The maximum atomic E-state index is 13.4. The number of carbonyl (C=O) groups excluding carboxylic acids is 1. The Hall–Kier alpha value is -4.78. The van der Waals surface area contributed by atoms with Gasteiger partial charge in [-0.05, 0) is 72.5 Å². The zero-order valence-electron chi connectivity index (χ0n) is 20.3. The highest BCUT2D eigenvalue weighted by Gasteiger charge is 2.20. The summed E-state index contributed by atoms with van der Waals surface area (Å²) in [6.45, 7) is 3.33. The van der Waals surface area contributed by atoms with Crippen LogP contribution in [0.5, 0.6) is 11.6 Å². The molecule has 0 aliphatic heterocycles. The number of azo groups is 1. The van der Waals surface area contributed by atoms with E-state index in [1.807, 2.05) is 26.0 Å². The number of nitrogens with zero attached hydrogens (tertiary/aromatic N) is 3. The van der Waals surface area contributed by atoms with Crippen molar-refractivity contribution in [2.24, 2.45) is 10.2 Å². The molecule has 7 heteroatoms. The highest BCUT2D eigenvalue weighted by atomic mass is 19.1. The normalized spacial score (nSPS) is 11.4. The molecule has 0 unspecified atom stereocenters. The number of hydrogen-bond acceptors (Lipinski definition) is 5. The van der Waals surface area contributed by atoms with Gasteiger partial charge in [0.2, 0.25) is 5.88 Å². The van der Waals surface area contributed by atoms with E-state index in [9.17, 15) is 19.4 Å². The summed E-state index contributed by atoms with van der Waals surface area (Å²) in [6, 6.07) is 22.7. The Bertz CT molecular complexity index is 1690. The standard InChI is InChI=1S/C30H24FN3O3/c1-18-12-25-27(13-19(18)2)34(23-9-4-6-20(15-23)16-31)30(37)28(25)33-32-26-11-5-10-24(29(26)36)22-8-3-7-21(14-22)17-35/h3-15,17,36-37H,16H2,1-2H3. The van der Waals surface area contributed by atoms with E-state index < -0.39 is 6.67 Å². The van der Waals surface area contributed by atoms with Gasteiger partial charge in [0.15, 0.2) is 11.4 Å². The maximum Gasteiger partial charge on any atom is 0.225 e. The Kier molecular flexibility index (Phi) is 6.27. The molecule has 6 nitrogen and oxygen atoms in total. The summed E-state index contributed by atoms with van der Waals surface area (Å²) in [5, 5.41) is 31.5. The summed E-state index contributed by atoms with van der Waals surface area (Å²) < 4.78 is 15.0. The van der Waals surface area contributed by atoms with Crippen molar-refractivity contribution in [3.05, 3.63) is 101 Å². The van der Waals surface area contributed by atoms with E-state index in [-0.39, 0.29) is 23.0 Å². The molecular weight excluding hydrogens is 469 g/mol. The van der Waals surface area contributed by atoms with Gasteiger partial charge in [0.25, 0.3) is 0 Å². The van der Waals surface area contributed by atoms with Crippen LogP contribution in [-0.2, 0) is 6.67 Å². The first-order valence-corrected chi connectivity index (χ1v) is 11.7. The smallest absolute Gasteiger partial charge is 0.225 e. The fourth-order valence-electron chi connectivity index (χ4n) is 4.38. The van der Waals surface area contributed by atoms with Crippen molar-refractivity contribution in [3.8, 4) is 28.4 Å². The van der Waals surface area contributed by atoms with Gasteiger partial charge in [-0.1, -0.05) is 42.5 Å². The van der Waals surface area contributed by atoms with Crippen LogP contribution < -0.4 is 0 Å². The molecule has 0 amide bonds. The van der Waals surface area contributed by atoms with Crippen LogP contribution in [0.1, 0.15) is 27.0 Å². The van der Waals surface area contributed by atoms with Crippen molar-refractivity contribution < 1.29 is 19.4 Å². The number of hydrogen-bond donors (Lipinski definition) is 2. The van der Waals surface area contributed by atoms with Crippen molar-refractivity contribution >= 4 is 28.6 Å². The van der Waals surface area contributed by atoms with Crippen LogP contribution in [0.15, 0.2) is 89.1 Å². The van der Waals surface area contributed by atoms with Crippen molar-refractivity contribution in [2.75, 3.05) is 0 Å². The van der Waals surface area contributed by atoms with Crippen LogP contribution in [0.4, 0.5) is 15.8 Å². The number of para-hydroxylation sites is 1. The topological polar surface area (TPSA) is 87.2 Å². The quantitative estimate of drug-likeness (QED) is 0.185. The molecule has 0 aliphatic rings. The van der Waals surface area contributed by atoms with E-state index in [1.165, 1.54) is 0 Å². The van der Waals surface area contributed by atoms with Gasteiger partial charge in [0, 0.05) is 22.2 Å². The van der Waals surface area contributed by atoms with E-state index in [1.54, 1.807) is 71.3 Å². The largest absolute Gasteiger partial charge is 0.505 e. The lowest BCUT2D eigenvalue weighted by Gasteiger charge is -2.09. The second-order valence-corrected chi connectivity index (χ2v) is 8.88. The molecule has 0 atom stereocenters. The fourth-order valence-corrected chi connectivity index (χ4v) is 4.38. The molecule has 2 N–H and O–H groups in total. The molecule has 5 aromatic rings. The van der Waals surface area contributed by atoms with Gasteiger partial charge in [-0.25, -0.2) is 4.39 Å². The van der Waals surface area contributed by atoms with E-state index in [0.717, 1.165) is 17.4 Å². The Labute approximate surface area is 213 Å². The number of rotatable bonds is 6. The van der Waals surface area contributed by atoms with E-state index >= 15 is 0 Å². The van der Waals surface area contributed by atoms with Gasteiger partial charge >= 0.3 is 0 Å². The van der Waals surface area contributed by atoms with Crippen LogP contribution in [-0.4, -0.2) is 21.1 Å². The molecule has 1 heterocycles. The third-order valence-electron chi connectivity index (χ3n) is 6.46. The minimum atomic E-state index is -0.621. The lowest BCUT2D eigenvalue weighted by molar-refractivity contribution is 0.112. The first kappa shape index (κ1) is 23.9. The van der Waals surface area contributed by atoms with Gasteiger partial charge in [0.05, 0.1) is 5.52 Å². The summed E-state index contributed by atoms with van der Waals surface area (Å²) in [4.78, 5) is 11.2. The zero-order valence-corrected chi connectivity index (χ0v) is 20.3. The van der Waals surface area contributed by atoms with Crippen LogP contribution in [0.25, 0.3) is 27.7 Å². The summed E-state index contributed by atoms with van der Waals surface area (Å²) in [5.74, 6) is -0.241. The average molecular weight is 494 g/mol. The zero-order chi connectivity index (χ0) is 26.1. The second-order valence-electron chi connectivity index (χ2n) is 8.88. The number of phenolic OH excluding ortho intramolecular Hbond substituents is 1. The lowest BCUT2D eigenvalue weighted by Crippen LogP contribution is -1.95. The monoisotopic (exact) mass is 493 g/mol. The number of fused-ring (bicyclic) bond motifs is 1. The first-order chi connectivity index (χ1) is 17.9. The number of phenols is 1. The summed E-state index contributed by atoms with van der Waals surface area (Å²) >= 11 is 0. The van der Waals surface area contributed by atoms with Gasteiger partial charge in [0.1, 0.15) is 18.6 Å². The third-order valence-corrected chi connectivity index (χ3v) is 6.46. The predicted octanol–water partition coefficient (Wildman–Crippen LogP) is 8.02. The molecule has 0 radical (unpaired) electrons. The average Bonchev–Trinajstić information content (AvgIpc) is 3.18. The van der Waals surface area contributed by atoms with E-state index in [0.29, 0.717) is 38.8 Å². The Morgan fingerprint density at radius 1 is 0.892 bits per heavy atom. The highest BCUT2D eigenvalue weighted by Crippen LogP contribution is 2.44. The van der Waals surface area contributed by atoms with Crippen LogP contribution >= 0.6 is 0 Å². The number of alkyl halides is 1. The molecule has 0 aliphatic carbocycles. The van der Waals surface area contributed by atoms with E-state index in [4.69, 9.17) is 0 Å². The molecule has 0 saturated heterocycles. The van der Waals surface area contributed by atoms with Gasteiger partial charge in [-0.3, -0.25) is 9.36 Å². The summed E-state index contributed by atoms with van der Waals surface area (Å²) in [6.07, 6.45) is 0.746. The van der Waals surface area contributed by atoms with Crippen LogP contribution in [0, 0.1) is 13.8 Å². The summed E-state index contributed by atoms with van der Waals surface area (Å²) in [5.41, 5.74) is 5.93. The van der Waals surface area contributed by atoms with Crippen molar-refractivity contribution in [1.29, 1.82) is 0 Å². The number of carbonyl (C=O) groups is 1. The highest BCUT2D eigenvalue weighted by molar-refractivity contribution is 5.97. The van der Waals surface area contributed by atoms with Crippen molar-refractivity contribution in [1.82, 2.24) is 4.57 Å². The molecule has 0 bridgehead atoms. The molecule has 37 heavy (non-hydrogen) atoms. The molecule has 5 rings (SSSR count). The number of halogens is 1. The Morgan fingerprint density at radius 3 is 2.43 bits per heavy atom.